The lowest BCUT2D eigenvalue weighted by Gasteiger charge is -2.07. The summed E-state index contributed by atoms with van der Waals surface area (Å²) in [6.07, 6.45) is 0. The number of para-hydroxylation sites is 1. The van der Waals surface area contributed by atoms with Crippen LogP contribution in [0.15, 0.2) is 30.3 Å². The Morgan fingerprint density at radius 3 is 2.94 bits per heavy atom. The number of carbonyl (C=O) groups is 1. The van der Waals surface area contributed by atoms with Crippen LogP contribution < -0.4 is 16.0 Å². The molecule has 0 unspecified atom stereocenters. The fourth-order valence-corrected chi connectivity index (χ4v) is 1.46. The molecule has 1 aromatic heterocycles. The largest absolute Gasteiger partial charge is 0.480 e. The van der Waals surface area contributed by atoms with Gasteiger partial charge < -0.3 is 15.3 Å². The fraction of sp³-hybridized carbons (Fsp3) is 0.0909. The summed E-state index contributed by atoms with van der Waals surface area (Å²) in [5, 5.41) is 9.42. The van der Waals surface area contributed by atoms with E-state index in [0.717, 1.165) is 5.39 Å². The topological polar surface area (TPSA) is 97.5 Å². The van der Waals surface area contributed by atoms with Gasteiger partial charge in [0, 0.05) is 5.39 Å². The maximum absolute atomic E-state index is 10.5. The third-order valence-electron chi connectivity index (χ3n) is 2.18. The van der Waals surface area contributed by atoms with E-state index in [1.54, 1.807) is 18.2 Å². The number of rotatable bonds is 4. The summed E-state index contributed by atoms with van der Waals surface area (Å²) in [5.74, 6) is 5.14. The van der Waals surface area contributed by atoms with Crippen molar-refractivity contribution in [3.05, 3.63) is 30.3 Å². The Balaban J connectivity index is 2.43. The van der Waals surface area contributed by atoms with Crippen LogP contribution in [0.3, 0.4) is 0 Å². The molecule has 2 aromatic rings. The second-order valence-corrected chi connectivity index (χ2v) is 3.35. The smallest absolute Gasteiger partial charge is 0.341 e. The fourth-order valence-electron chi connectivity index (χ4n) is 1.46. The van der Waals surface area contributed by atoms with Gasteiger partial charge in [0.15, 0.2) is 6.61 Å². The molecule has 6 heteroatoms. The van der Waals surface area contributed by atoms with E-state index in [0.29, 0.717) is 17.1 Å². The molecule has 88 valence electrons. The zero-order valence-electron chi connectivity index (χ0n) is 8.88. The van der Waals surface area contributed by atoms with Crippen LogP contribution in [0.1, 0.15) is 0 Å². The highest BCUT2D eigenvalue weighted by molar-refractivity contribution is 5.86. The van der Waals surface area contributed by atoms with E-state index in [1.165, 1.54) is 0 Å². The van der Waals surface area contributed by atoms with Crippen molar-refractivity contribution in [2.45, 2.75) is 0 Å². The van der Waals surface area contributed by atoms with Crippen LogP contribution >= 0.6 is 0 Å². The number of nitrogens with two attached hydrogens (primary N) is 1. The predicted octanol–water partition coefficient (Wildman–Crippen LogP) is 0.984. The number of nitrogens with zero attached hydrogens (tertiary/aromatic N) is 1. The minimum Gasteiger partial charge on any atom is -0.480 e. The van der Waals surface area contributed by atoms with Crippen LogP contribution in [0.5, 0.6) is 5.75 Å². The number of nitrogens with one attached hydrogen (secondary N) is 1. The van der Waals surface area contributed by atoms with E-state index < -0.39 is 12.6 Å². The van der Waals surface area contributed by atoms with Crippen LogP contribution in [-0.4, -0.2) is 22.7 Å². The number of pyridine rings is 1. The summed E-state index contributed by atoms with van der Waals surface area (Å²) >= 11 is 0. The van der Waals surface area contributed by atoms with Crippen LogP contribution in [0.25, 0.3) is 10.9 Å². The number of hydrogen-bond donors (Lipinski definition) is 3. The number of aromatic nitrogens is 1. The van der Waals surface area contributed by atoms with E-state index in [9.17, 15) is 4.79 Å². The van der Waals surface area contributed by atoms with Crippen molar-refractivity contribution in [3.8, 4) is 5.75 Å². The lowest BCUT2D eigenvalue weighted by atomic mass is 10.2. The van der Waals surface area contributed by atoms with Gasteiger partial charge >= 0.3 is 5.97 Å². The zero-order chi connectivity index (χ0) is 12.3. The summed E-state index contributed by atoms with van der Waals surface area (Å²) in [4.78, 5) is 14.7. The van der Waals surface area contributed by atoms with Crippen molar-refractivity contribution >= 4 is 22.7 Å². The number of anilines is 1. The molecular formula is C11H11N3O3. The molecule has 0 saturated heterocycles. The molecule has 0 fully saturated rings. The van der Waals surface area contributed by atoms with Gasteiger partial charge in [-0.3, -0.25) is 0 Å². The first-order valence-electron chi connectivity index (χ1n) is 4.91. The Morgan fingerprint density at radius 2 is 2.24 bits per heavy atom. The summed E-state index contributed by atoms with van der Waals surface area (Å²) < 4.78 is 5.15. The number of hydrogen-bond acceptors (Lipinski definition) is 5. The molecule has 0 atom stereocenters. The first kappa shape index (κ1) is 11.2. The van der Waals surface area contributed by atoms with E-state index in [4.69, 9.17) is 15.7 Å². The lowest BCUT2D eigenvalue weighted by Crippen LogP contribution is -2.11. The molecule has 17 heavy (non-hydrogen) atoms. The van der Waals surface area contributed by atoms with E-state index in [1.807, 2.05) is 12.1 Å². The van der Waals surface area contributed by atoms with E-state index >= 15 is 0 Å². The van der Waals surface area contributed by atoms with Crippen molar-refractivity contribution in [1.29, 1.82) is 0 Å². The van der Waals surface area contributed by atoms with Gasteiger partial charge in [-0.15, -0.1) is 0 Å². The number of ether oxygens (including phenoxy) is 1. The van der Waals surface area contributed by atoms with Gasteiger partial charge in [-0.25, -0.2) is 15.6 Å². The highest BCUT2D eigenvalue weighted by Crippen LogP contribution is 2.24. The molecule has 6 nitrogen and oxygen atoms in total. The van der Waals surface area contributed by atoms with Gasteiger partial charge in [0.1, 0.15) is 17.1 Å². The minimum absolute atomic E-state index is 0.402. The summed E-state index contributed by atoms with van der Waals surface area (Å²) in [6.45, 7) is -0.402. The molecule has 0 radical (unpaired) electrons. The number of carboxylic acids is 1. The summed E-state index contributed by atoms with van der Waals surface area (Å²) in [7, 11) is 0. The maximum atomic E-state index is 10.5. The van der Waals surface area contributed by atoms with Gasteiger partial charge in [0.2, 0.25) is 0 Å². The van der Waals surface area contributed by atoms with Crippen molar-refractivity contribution in [2.75, 3.05) is 12.0 Å². The maximum Gasteiger partial charge on any atom is 0.341 e. The van der Waals surface area contributed by atoms with Crippen molar-refractivity contribution in [3.63, 3.8) is 0 Å². The molecule has 2 rings (SSSR count). The summed E-state index contributed by atoms with van der Waals surface area (Å²) in [6, 6.07) is 8.85. The van der Waals surface area contributed by atoms with Gasteiger partial charge in [0.25, 0.3) is 0 Å². The molecule has 1 aromatic carbocycles. The van der Waals surface area contributed by atoms with Crippen LogP contribution in [-0.2, 0) is 4.79 Å². The van der Waals surface area contributed by atoms with E-state index in [2.05, 4.69) is 10.4 Å². The Hall–Kier alpha value is -2.34. The molecule has 1 heterocycles. The second-order valence-electron chi connectivity index (χ2n) is 3.35. The number of nitrogen functional groups attached to an aromatic ring is 1. The molecule has 0 spiro atoms. The molecule has 0 bridgehead atoms. The molecular weight excluding hydrogens is 222 g/mol. The normalized spacial score (nSPS) is 10.2. The third-order valence-corrected chi connectivity index (χ3v) is 2.18. The Bertz CT molecular complexity index is 557. The Morgan fingerprint density at radius 1 is 1.41 bits per heavy atom. The van der Waals surface area contributed by atoms with Crippen molar-refractivity contribution in [1.82, 2.24) is 4.98 Å². The molecule has 0 aliphatic heterocycles. The SMILES string of the molecule is NNc1ccc2cccc(OCC(=O)O)c2n1. The lowest BCUT2D eigenvalue weighted by molar-refractivity contribution is -0.139. The Labute approximate surface area is 97.0 Å². The average Bonchev–Trinajstić information content (AvgIpc) is 2.35. The summed E-state index contributed by atoms with van der Waals surface area (Å²) in [5.41, 5.74) is 3.00. The number of aliphatic carboxylic acids is 1. The van der Waals surface area contributed by atoms with Gasteiger partial charge in [-0.1, -0.05) is 12.1 Å². The molecule has 0 saturated carbocycles. The van der Waals surface area contributed by atoms with Gasteiger partial charge in [-0.2, -0.15) is 0 Å². The van der Waals surface area contributed by atoms with E-state index in [-0.39, 0.29) is 0 Å². The number of benzene rings is 1. The quantitative estimate of drug-likeness (QED) is 0.538. The standard InChI is InChI=1S/C11H11N3O3/c12-14-9-5-4-7-2-1-3-8(11(7)13-9)17-6-10(15)16/h1-5H,6,12H2,(H,13,14)(H,15,16). The zero-order valence-corrected chi connectivity index (χ0v) is 8.88. The third kappa shape index (κ3) is 2.43. The average molecular weight is 233 g/mol. The Kier molecular flexibility index (Phi) is 3.06. The predicted molar refractivity (Wildman–Crippen MR) is 62.7 cm³/mol. The van der Waals surface area contributed by atoms with Crippen LogP contribution in [0.4, 0.5) is 5.82 Å². The molecule has 4 N–H and O–H groups in total. The highest BCUT2D eigenvalue weighted by Gasteiger charge is 2.06. The minimum atomic E-state index is -1.03. The molecule has 0 amide bonds. The van der Waals surface area contributed by atoms with Crippen LogP contribution in [0, 0.1) is 0 Å². The van der Waals surface area contributed by atoms with Crippen molar-refractivity contribution in [2.24, 2.45) is 5.84 Å². The highest BCUT2D eigenvalue weighted by atomic mass is 16.5. The van der Waals surface area contributed by atoms with Gasteiger partial charge in [-0.05, 0) is 18.2 Å². The monoisotopic (exact) mass is 233 g/mol. The van der Waals surface area contributed by atoms with Gasteiger partial charge in [0.05, 0.1) is 0 Å². The number of fused-ring (bicyclic) bond motifs is 1. The van der Waals surface area contributed by atoms with Crippen LogP contribution in [0.2, 0.25) is 0 Å². The molecule has 0 aliphatic rings. The van der Waals surface area contributed by atoms with Crippen molar-refractivity contribution < 1.29 is 14.6 Å². The molecule has 0 aliphatic carbocycles. The number of carboxylic acid groups (broad SMARTS) is 1. The first-order valence-corrected chi connectivity index (χ1v) is 4.91. The number of hydrazine groups is 1. The first-order chi connectivity index (χ1) is 8.20. The second kappa shape index (κ2) is 4.67.